The van der Waals surface area contributed by atoms with Crippen LogP contribution in [0.15, 0.2) is 39.5 Å². The van der Waals surface area contributed by atoms with Crippen LogP contribution in [0.25, 0.3) is 21.9 Å². The van der Waals surface area contributed by atoms with Crippen LogP contribution in [0.4, 0.5) is 0 Å². The van der Waals surface area contributed by atoms with Gasteiger partial charge in [0, 0.05) is 45.7 Å². The van der Waals surface area contributed by atoms with Gasteiger partial charge < -0.3 is 9.52 Å². The van der Waals surface area contributed by atoms with Crippen LogP contribution in [0.5, 0.6) is 0 Å². The molecule has 107 valence electrons. The molecule has 0 atom stereocenters. The van der Waals surface area contributed by atoms with Crippen molar-refractivity contribution in [2.75, 3.05) is 0 Å². The van der Waals surface area contributed by atoms with Crippen LogP contribution in [0.2, 0.25) is 5.02 Å². The predicted octanol–water partition coefficient (Wildman–Crippen LogP) is 3.15. The number of aliphatic carboxylic acids is 1. The van der Waals surface area contributed by atoms with Gasteiger partial charge in [-0.2, -0.15) is 0 Å². The molecule has 0 aliphatic rings. The molecule has 0 aliphatic carbocycles. The van der Waals surface area contributed by atoms with E-state index in [1.165, 1.54) is 0 Å². The van der Waals surface area contributed by atoms with Gasteiger partial charge in [-0.3, -0.25) is 9.59 Å². The van der Waals surface area contributed by atoms with Crippen molar-refractivity contribution < 1.29 is 14.3 Å². The molecule has 0 spiro atoms. The Bertz CT molecular complexity index is 946. The average Bonchev–Trinajstić information content (AvgIpc) is 2.44. The molecule has 2 aromatic carbocycles. The number of carbonyl (C=O) groups is 1. The van der Waals surface area contributed by atoms with Gasteiger partial charge in [-0.15, -0.1) is 0 Å². The Morgan fingerprint density at radius 1 is 1.18 bits per heavy atom. The van der Waals surface area contributed by atoms with Gasteiger partial charge in [0.05, 0.1) is 17.2 Å². The Kier molecular flexibility index (Phi) is 4.97. The monoisotopic (exact) mass is 325 g/mol. The first-order valence-electron chi connectivity index (χ1n) is 6.34. The molecule has 0 aliphatic heterocycles. The van der Waals surface area contributed by atoms with Gasteiger partial charge >= 0.3 is 5.97 Å². The first kappa shape index (κ1) is 17.0. The molecule has 22 heavy (non-hydrogen) atoms. The van der Waals surface area contributed by atoms with E-state index in [1.54, 1.807) is 37.3 Å². The van der Waals surface area contributed by atoms with E-state index in [9.17, 15) is 9.59 Å². The minimum absolute atomic E-state index is 0. The van der Waals surface area contributed by atoms with Gasteiger partial charge in [0.1, 0.15) is 11.2 Å². The molecule has 1 heterocycles. The average molecular weight is 326 g/mol. The molecule has 4 nitrogen and oxygen atoms in total. The first-order valence-corrected chi connectivity index (χ1v) is 6.72. The SMILES string of the molecule is Cc1c(Cl)ccc2c(=O)c3cccc(CC(=O)O)c3oc12.[Na]. The molecule has 3 rings (SSSR count). The zero-order valence-electron chi connectivity index (χ0n) is 12.1. The van der Waals surface area contributed by atoms with Crippen molar-refractivity contribution in [3.8, 4) is 0 Å². The predicted molar refractivity (Wildman–Crippen MR) is 86.8 cm³/mol. The second-order valence-corrected chi connectivity index (χ2v) is 5.25. The summed E-state index contributed by atoms with van der Waals surface area (Å²) in [6.07, 6.45) is -0.203. The van der Waals surface area contributed by atoms with Crippen LogP contribution in [0, 0.1) is 6.92 Å². The van der Waals surface area contributed by atoms with Gasteiger partial charge in [-0.1, -0.05) is 23.7 Å². The molecule has 0 unspecified atom stereocenters. The number of carboxylic acids is 1. The molecule has 3 aromatic rings. The fourth-order valence-electron chi connectivity index (χ4n) is 2.41. The largest absolute Gasteiger partial charge is 0.481 e. The van der Waals surface area contributed by atoms with Crippen molar-refractivity contribution in [1.82, 2.24) is 0 Å². The summed E-state index contributed by atoms with van der Waals surface area (Å²) in [7, 11) is 0. The number of rotatable bonds is 2. The molecule has 1 N–H and O–H groups in total. The Morgan fingerprint density at radius 3 is 2.55 bits per heavy atom. The summed E-state index contributed by atoms with van der Waals surface area (Å²) in [6.45, 7) is 1.76. The summed E-state index contributed by atoms with van der Waals surface area (Å²) in [6, 6.07) is 8.22. The molecule has 6 heteroatoms. The van der Waals surface area contributed by atoms with Gasteiger partial charge in [0.15, 0.2) is 0 Å². The van der Waals surface area contributed by atoms with Crippen LogP contribution < -0.4 is 5.43 Å². The molecular formula is C16H11ClNaO4. The molecule has 0 saturated carbocycles. The summed E-state index contributed by atoms with van der Waals surface area (Å²) in [5.74, 6) is -0.979. The Morgan fingerprint density at radius 2 is 1.86 bits per heavy atom. The van der Waals surface area contributed by atoms with Crippen molar-refractivity contribution in [2.45, 2.75) is 13.3 Å². The second kappa shape index (κ2) is 6.42. The quantitative estimate of drug-likeness (QED) is 0.580. The first-order chi connectivity index (χ1) is 9.99. The number of fused-ring (bicyclic) bond motifs is 2. The molecule has 1 aromatic heterocycles. The molecule has 0 amide bonds. The third-order valence-corrected chi connectivity index (χ3v) is 3.88. The Balaban J connectivity index is 0.00000176. The third-order valence-electron chi connectivity index (χ3n) is 3.47. The maximum absolute atomic E-state index is 12.5. The maximum atomic E-state index is 12.5. The fraction of sp³-hybridized carbons (Fsp3) is 0.125. The summed E-state index contributed by atoms with van der Waals surface area (Å²) < 4.78 is 5.82. The smallest absolute Gasteiger partial charge is 0.307 e. The van der Waals surface area contributed by atoms with Crippen molar-refractivity contribution in [1.29, 1.82) is 0 Å². The number of hydrogen-bond donors (Lipinski definition) is 1. The summed E-state index contributed by atoms with van der Waals surface area (Å²) in [4.78, 5) is 23.5. The molecular weight excluding hydrogens is 315 g/mol. The van der Waals surface area contributed by atoms with Crippen LogP contribution >= 0.6 is 11.6 Å². The zero-order valence-corrected chi connectivity index (χ0v) is 14.9. The van der Waals surface area contributed by atoms with E-state index < -0.39 is 5.97 Å². The third kappa shape index (κ3) is 2.79. The van der Waals surface area contributed by atoms with Crippen LogP contribution in [0.3, 0.4) is 0 Å². The summed E-state index contributed by atoms with van der Waals surface area (Å²) in [5.41, 5.74) is 1.66. The van der Waals surface area contributed by atoms with Crippen LogP contribution in [0.1, 0.15) is 11.1 Å². The molecule has 0 fully saturated rings. The molecule has 0 saturated heterocycles. The summed E-state index contributed by atoms with van der Waals surface area (Å²) >= 11 is 6.06. The van der Waals surface area contributed by atoms with Crippen molar-refractivity contribution in [2.24, 2.45) is 0 Å². The van der Waals surface area contributed by atoms with Gasteiger partial charge in [-0.05, 0) is 25.1 Å². The number of halogens is 1. The van der Waals surface area contributed by atoms with Gasteiger partial charge in [0.2, 0.25) is 5.43 Å². The van der Waals surface area contributed by atoms with Gasteiger partial charge in [0.25, 0.3) is 0 Å². The number of benzene rings is 2. The van der Waals surface area contributed by atoms with E-state index in [4.69, 9.17) is 21.1 Å². The van der Waals surface area contributed by atoms with E-state index in [1.807, 2.05) is 0 Å². The van der Waals surface area contributed by atoms with Crippen LogP contribution in [-0.2, 0) is 11.2 Å². The number of para-hydroxylation sites is 1. The van der Waals surface area contributed by atoms with E-state index in [0.29, 0.717) is 38.1 Å². The fourth-order valence-corrected chi connectivity index (χ4v) is 2.56. The molecule has 1 radical (unpaired) electrons. The minimum atomic E-state index is -0.979. The number of carboxylic acid groups (broad SMARTS) is 1. The zero-order chi connectivity index (χ0) is 15.1. The van der Waals surface area contributed by atoms with Crippen LogP contribution in [-0.4, -0.2) is 40.6 Å². The number of hydrogen-bond acceptors (Lipinski definition) is 3. The van der Waals surface area contributed by atoms with Gasteiger partial charge in [-0.25, -0.2) is 0 Å². The topological polar surface area (TPSA) is 67.5 Å². The maximum Gasteiger partial charge on any atom is 0.307 e. The number of aryl methyl sites for hydroxylation is 1. The second-order valence-electron chi connectivity index (χ2n) is 4.84. The summed E-state index contributed by atoms with van der Waals surface area (Å²) in [5, 5.41) is 10.3. The Hall–Kier alpha value is -1.33. The van der Waals surface area contributed by atoms with E-state index >= 15 is 0 Å². The van der Waals surface area contributed by atoms with E-state index in [2.05, 4.69) is 0 Å². The van der Waals surface area contributed by atoms with Crippen molar-refractivity contribution in [3.05, 3.63) is 56.7 Å². The van der Waals surface area contributed by atoms with E-state index in [0.717, 1.165) is 0 Å². The Labute approximate surface area is 153 Å². The van der Waals surface area contributed by atoms with E-state index in [-0.39, 0.29) is 41.4 Å². The normalized spacial score (nSPS) is 10.6. The minimum Gasteiger partial charge on any atom is -0.481 e. The molecule has 0 bridgehead atoms. The standard InChI is InChI=1S/C16H11ClO4.Na/c1-8-12(17)6-5-11-14(20)10-4-2-3-9(7-13(18)19)16(10)21-15(8)11;/h2-6H,7H2,1H3,(H,18,19);. The van der Waals surface area contributed by atoms with Crippen molar-refractivity contribution >= 4 is 69.1 Å². The van der Waals surface area contributed by atoms with Crippen molar-refractivity contribution in [3.63, 3.8) is 0 Å².